The van der Waals surface area contributed by atoms with Gasteiger partial charge in [0.1, 0.15) is 19.3 Å². The first-order valence-corrected chi connectivity index (χ1v) is 45.5. The maximum Gasteiger partial charge on any atom is 0.472 e. The molecule has 3 N–H and O–H groups in total. The van der Waals surface area contributed by atoms with Crippen molar-refractivity contribution >= 4 is 39.5 Å². The summed E-state index contributed by atoms with van der Waals surface area (Å²) in [5.41, 5.74) is 0. The Balaban J connectivity index is 5.25. The zero-order valence-corrected chi connectivity index (χ0v) is 68.0. The monoisotopic (exact) mass is 1480 g/mol. The highest BCUT2D eigenvalue weighted by Gasteiger charge is 2.30. The van der Waals surface area contributed by atoms with Crippen LogP contribution in [0.2, 0.25) is 0 Å². The van der Waals surface area contributed by atoms with Crippen molar-refractivity contribution in [2.75, 3.05) is 39.6 Å². The molecule has 0 bridgehead atoms. The van der Waals surface area contributed by atoms with E-state index in [9.17, 15) is 43.2 Å². The zero-order chi connectivity index (χ0) is 74.2. The number of phosphoric ester groups is 2. The highest BCUT2D eigenvalue weighted by Crippen LogP contribution is 2.45. The molecule has 600 valence electrons. The fourth-order valence-corrected chi connectivity index (χ4v) is 14.3. The Kier molecular flexibility index (Phi) is 72.2. The van der Waals surface area contributed by atoms with E-state index in [1.54, 1.807) is 0 Å². The molecule has 0 rings (SSSR count). The van der Waals surface area contributed by atoms with E-state index in [0.717, 1.165) is 102 Å². The van der Waals surface area contributed by atoms with Gasteiger partial charge in [-0.05, 0) is 37.5 Å². The van der Waals surface area contributed by atoms with Crippen LogP contribution in [0.3, 0.4) is 0 Å². The highest BCUT2D eigenvalue weighted by atomic mass is 31.2. The van der Waals surface area contributed by atoms with Gasteiger partial charge in [-0.3, -0.25) is 37.3 Å². The number of aliphatic hydroxyl groups is 1. The Hall–Kier alpha value is -1.94. The normalized spacial score (nSPS) is 13.9. The fourth-order valence-electron chi connectivity index (χ4n) is 12.7. The van der Waals surface area contributed by atoms with Crippen LogP contribution in [-0.4, -0.2) is 96.7 Å². The standard InChI is InChI=1S/C82H160O17P2/c1-7-9-11-13-15-17-19-20-23-29-36-42-48-54-60-66-81(86)98-77(70-92-79(84)64-58-52-46-40-32-18-16-14-12-10-8-2)72-96-100(88,89)94-68-76(83)69-95-101(90,91)97-73-78(71-93-80(85)65-59-53-47-41-35-31-26-28-34-39-45-51-57-63-75(5)6)99-82(87)67-61-55-49-43-37-30-25-22-21-24-27-33-38-44-50-56-62-74(3)4/h74-78,83H,7-73H2,1-6H3,(H,88,89)(H,90,91)/t76-,77+,78+/m0/s1. The molecule has 0 amide bonds. The average molecular weight is 1480 g/mol. The molecule has 0 aromatic carbocycles. The number of hydrogen-bond acceptors (Lipinski definition) is 15. The van der Waals surface area contributed by atoms with Crippen LogP contribution in [-0.2, 0) is 65.4 Å². The Morgan fingerprint density at radius 1 is 0.267 bits per heavy atom. The summed E-state index contributed by atoms with van der Waals surface area (Å²) < 4.78 is 68.8. The minimum atomic E-state index is -4.96. The smallest absolute Gasteiger partial charge is 0.462 e. The molecule has 0 radical (unpaired) electrons. The molecule has 101 heavy (non-hydrogen) atoms. The molecule has 0 heterocycles. The molecule has 0 aromatic rings. The van der Waals surface area contributed by atoms with Crippen molar-refractivity contribution < 1.29 is 80.2 Å². The first-order valence-electron chi connectivity index (χ1n) is 42.5. The number of phosphoric acid groups is 2. The minimum absolute atomic E-state index is 0.108. The van der Waals surface area contributed by atoms with Crippen LogP contribution in [0, 0.1) is 11.8 Å². The number of carbonyl (C=O) groups excluding carboxylic acids is 4. The van der Waals surface area contributed by atoms with Crippen molar-refractivity contribution in [3.63, 3.8) is 0 Å². The van der Waals surface area contributed by atoms with Crippen LogP contribution < -0.4 is 0 Å². The predicted octanol–water partition coefficient (Wildman–Crippen LogP) is 24.7. The van der Waals surface area contributed by atoms with Crippen molar-refractivity contribution in [2.24, 2.45) is 11.8 Å². The summed E-state index contributed by atoms with van der Waals surface area (Å²) in [6.07, 6.45) is 63.7. The second kappa shape index (κ2) is 73.6. The lowest BCUT2D eigenvalue weighted by molar-refractivity contribution is -0.161. The quantitative estimate of drug-likeness (QED) is 0.0222. The van der Waals surface area contributed by atoms with Gasteiger partial charge in [-0.1, -0.05) is 382 Å². The number of unbranched alkanes of at least 4 members (excludes halogenated alkanes) is 51. The molecular formula is C82H160O17P2. The SMILES string of the molecule is CCCCCCCCCCCCCCCCCC(=O)O[C@H](COC(=O)CCCCCCCCCCCCC)COP(=O)(O)OC[C@H](O)COP(=O)(O)OC[C@@H](COC(=O)CCCCCCCCCCCCCCCC(C)C)OC(=O)CCCCCCCCCCCCCCCCCCC(C)C. The van der Waals surface area contributed by atoms with Gasteiger partial charge in [-0.2, -0.15) is 0 Å². The Morgan fingerprint density at radius 3 is 0.673 bits per heavy atom. The maximum atomic E-state index is 13.1. The van der Waals surface area contributed by atoms with Crippen LogP contribution in [0.1, 0.15) is 433 Å². The fraction of sp³-hybridized carbons (Fsp3) is 0.951. The summed E-state index contributed by atoms with van der Waals surface area (Å²) in [5, 5.41) is 10.7. The number of rotatable bonds is 81. The summed E-state index contributed by atoms with van der Waals surface area (Å²) >= 11 is 0. The lowest BCUT2D eigenvalue weighted by Gasteiger charge is -2.21. The molecule has 0 aliphatic carbocycles. The van der Waals surface area contributed by atoms with E-state index in [1.165, 1.54) is 250 Å². The molecule has 0 aromatic heterocycles. The van der Waals surface area contributed by atoms with Gasteiger partial charge in [-0.25, -0.2) is 9.13 Å². The molecule has 5 atom stereocenters. The largest absolute Gasteiger partial charge is 0.472 e. The van der Waals surface area contributed by atoms with E-state index < -0.39 is 97.5 Å². The third-order valence-corrected chi connectivity index (χ3v) is 21.1. The maximum absolute atomic E-state index is 13.1. The summed E-state index contributed by atoms with van der Waals surface area (Å²) in [6, 6.07) is 0. The van der Waals surface area contributed by atoms with Gasteiger partial charge < -0.3 is 33.8 Å². The third kappa shape index (κ3) is 76.1. The van der Waals surface area contributed by atoms with Gasteiger partial charge in [0.05, 0.1) is 26.4 Å². The Labute approximate surface area is 619 Å². The van der Waals surface area contributed by atoms with Gasteiger partial charge in [0, 0.05) is 25.7 Å². The number of esters is 4. The highest BCUT2D eigenvalue weighted by molar-refractivity contribution is 7.47. The molecule has 2 unspecified atom stereocenters. The van der Waals surface area contributed by atoms with E-state index in [0.29, 0.717) is 25.7 Å². The van der Waals surface area contributed by atoms with Crippen molar-refractivity contribution in [1.82, 2.24) is 0 Å². The molecule has 0 aliphatic rings. The zero-order valence-electron chi connectivity index (χ0n) is 66.2. The molecule has 0 saturated carbocycles. The predicted molar refractivity (Wildman–Crippen MR) is 414 cm³/mol. The Bertz CT molecular complexity index is 1940. The van der Waals surface area contributed by atoms with Crippen molar-refractivity contribution in [3.05, 3.63) is 0 Å². The molecule has 0 saturated heterocycles. The van der Waals surface area contributed by atoms with Crippen LogP contribution in [0.15, 0.2) is 0 Å². The molecule has 17 nitrogen and oxygen atoms in total. The Morgan fingerprint density at radius 2 is 0.455 bits per heavy atom. The van der Waals surface area contributed by atoms with Crippen LogP contribution >= 0.6 is 15.6 Å². The summed E-state index contributed by atoms with van der Waals surface area (Å²) in [5.74, 6) is -0.504. The van der Waals surface area contributed by atoms with Crippen molar-refractivity contribution in [2.45, 2.75) is 452 Å². The molecule has 0 spiro atoms. The van der Waals surface area contributed by atoms with Gasteiger partial charge in [0.2, 0.25) is 0 Å². The number of hydrogen-bond donors (Lipinski definition) is 3. The van der Waals surface area contributed by atoms with E-state index in [1.807, 2.05) is 0 Å². The van der Waals surface area contributed by atoms with E-state index in [4.69, 9.17) is 37.0 Å². The molecule has 0 fully saturated rings. The minimum Gasteiger partial charge on any atom is -0.462 e. The topological polar surface area (TPSA) is 237 Å². The number of carbonyl (C=O) groups is 4. The average Bonchev–Trinajstić information content (AvgIpc) is 1.11. The lowest BCUT2D eigenvalue weighted by Crippen LogP contribution is -2.30. The molecule has 0 aliphatic heterocycles. The lowest BCUT2D eigenvalue weighted by atomic mass is 10.0. The van der Waals surface area contributed by atoms with Gasteiger partial charge in [0.15, 0.2) is 12.2 Å². The first kappa shape index (κ1) is 99.1. The van der Waals surface area contributed by atoms with Crippen LogP contribution in [0.5, 0.6) is 0 Å². The van der Waals surface area contributed by atoms with E-state index in [-0.39, 0.29) is 25.7 Å². The van der Waals surface area contributed by atoms with E-state index in [2.05, 4.69) is 41.5 Å². The summed E-state index contributed by atoms with van der Waals surface area (Å²) in [6.45, 7) is 9.70. The van der Waals surface area contributed by atoms with Crippen molar-refractivity contribution in [3.8, 4) is 0 Å². The van der Waals surface area contributed by atoms with E-state index >= 15 is 0 Å². The molecular weight excluding hydrogens is 1320 g/mol. The van der Waals surface area contributed by atoms with Crippen LogP contribution in [0.25, 0.3) is 0 Å². The summed E-state index contributed by atoms with van der Waals surface area (Å²) in [7, 11) is -9.92. The van der Waals surface area contributed by atoms with Gasteiger partial charge in [-0.15, -0.1) is 0 Å². The van der Waals surface area contributed by atoms with Gasteiger partial charge in [0.25, 0.3) is 0 Å². The van der Waals surface area contributed by atoms with Gasteiger partial charge >= 0.3 is 39.5 Å². The first-order chi connectivity index (χ1) is 48.9. The number of ether oxygens (including phenoxy) is 4. The second-order valence-electron chi connectivity index (χ2n) is 30.5. The molecule has 19 heteroatoms. The number of aliphatic hydroxyl groups excluding tert-OH is 1. The van der Waals surface area contributed by atoms with Crippen LogP contribution in [0.4, 0.5) is 0 Å². The van der Waals surface area contributed by atoms with Crippen molar-refractivity contribution in [1.29, 1.82) is 0 Å². The summed E-state index contributed by atoms with van der Waals surface area (Å²) in [4.78, 5) is 73.1. The second-order valence-corrected chi connectivity index (χ2v) is 33.4. The third-order valence-electron chi connectivity index (χ3n) is 19.2.